The first-order chi connectivity index (χ1) is 10.2. The van der Waals surface area contributed by atoms with E-state index in [1.165, 1.54) is 51.7 Å². The van der Waals surface area contributed by atoms with Crippen molar-refractivity contribution in [2.45, 2.75) is 46.0 Å². The Morgan fingerprint density at radius 2 is 1.76 bits per heavy atom. The lowest BCUT2D eigenvalue weighted by Gasteiger charge is -2.35. The van der Waals surface area contributed by atoms with Gasteiger partial charge < -0.3 is 15.1 Å². The van der Waals surface area contributed by atoms with Gasteiger partial charge in [-0.15, -0.1) is 0 Å². The number of aliphatic imine (C=N–C) groups is 1. The van der Waals surface area contributed by atoms with Crippen molar-refractivity contribution in [3.8, 4) is 0 Å². The van der Waals surface area contributed by atoms with Gasteiger partial charge in [0, 0.05) is 26.7 Å². The fraction of sp³-hybridized carbons (Fsp3) is 0.941. The molecule has 0 aromatic heterocycles. The molecule has 0 aromatic carbocycles. The molecule has 1 N–H and O–H groups in total. The molecule has 2 saturated heterocycles. The van der Waals surface area contributed by atoms with Crippen molar-refractivity contribution in [2.75, 3.05) is 46.3 Å². The summed E-state index contributed by atoms with van der Waals surface area (Å²) in [5.74, 6) is 2.82. The van der Waals surface area contributed by atoms with Crippen LogP contribution in [0.1, 0.15) is 46.0 Å². The largest absolute Gasteiger partial charge is 0.356 e. The van der Waals surface area contributed by atoms with Crippen molar-refractivity contribution in [1.29, 1.82) is 0 Å². The lowest BCUT2D eigenvalue weighted by Crippen LogP contribution is -2.47. The highest BCUT2D eigenvalue weighted by molar-refractivity contribution is 5.79. The second-order valence-corrected chi connectivity index (χ2v) is 6.88. The number of guanidine groups is 1. The van der Waals surface area contributed by atoms with E-state index in [-0.39, 0.29) is 0 Å². The maximum atomic E-state index is 4.49. The molecule has 122 valence electrons. The SMILES string of the molecule is CCCN1CCC(CNC(=NC)N2CCC(C)CC2)CC1. The third kappa shape index (κ3) is 5.17. The maximum absolute atomic E-state index is 4.49. The predicted octanol–water partition coefficient (Wildman–Crippen LogP) is 2.42. The molecule has 0 bridgehead atoms. The second kappa shape index (κ2) is 8.62. The first-order valence-electron chi connectivity index (χ1n) is 8.90. The van der Waals surface area contributed by atoms with E-state index in [9.17, 15) is 0 Å². The third-order valence-electron chi connectivity index (χ3n) is 5.09. The standard InChI is InChI=1S/C17H34N4/c1-4-9-20-10-7-16(8-11-20)14-19-17(18-3)21-12-5-15(2)6-13-21/h15-16H,4-14H2,1-3H3,(H,18,19). The van der Waals surface area contributed by atoms with Crippen LogP contribution >= 0.6 is 0 Å². The second-order valence-electron chi connectivity index (χ2n) is 6.88. The summed E-state index contributed by atoms with van der Waals surface area (Å²) in [7, 11) is 1.92. The summed E-state index contributed by atoms with van der Waals surface area (Å²) in [5, 5.41) is 3.63. The van der Waals surface area contributed by atoms with Crippen LogP contribution in [0.25, 0.3) is 0 Å². The molecule has 0 radical (unpaired) electrons. The van der Waals surface area contributed by atoms with Crippen molar-refractivity contribution >= 4 is 5.96 Å². The number of hydrogen-bond acceptors (Lipinski definition) is 2. The number of nitrogens with zero attached hydrogens (tertiary/aromatic N) is 3. The van der Waals surface area contributed by atoms with Gasteiger partial charge >= 0.3 is 0 Å². The molecular formula is C17H34N4. The molecule has 0 spiro atoms. The first-order valence-corrected chi connectivity index (χ1v) is 8.90. The molecule has 2 heterocycles. The highest BCUT2D eigenvalue weighted by Crippen LogP contribution is 2.18. The minimum absolute atomic E-state index is 0.818. The Kier molecular flexibility index (Phi) is 6.81. The van der Waals surface area contributed by atoms with Crippen LogP contribution in [0.3, 0.4) is 0 Å². The summed E-state index contributed by atoms with van der Waals surface area (Å²) in [6.07, 6.45) is 6.55. The van der Waals surface area contributed by atoms with Gasteiger partial charge in [-0.1, -0.05) is 13.8 Å². The Morgan fingerprint density at radius 3 is 2.33 bits per heavy atom. The van der Waals surface area contributed by atoms with Crippen molar-refractivity contribution in [2.24, 2.45) is 16.8 Å². The third-order valence-corrected chi connectivity index (χ3v) is 5.09. The van der Waals surface area contributed by atoms with E-state index in [0.717, 1.165) is 37.4 Å². The Morgan fingerprint density at radius 1 is 1.10 bits per heavy atom. The Balaban J connectivity index is 1.69. The van der Waals surface area contributed by atoms with Crippen molar-refractivity contribution < 1.29 is 0 Å². The van der Waals surface area contributed by atoms with Crippen LogP contribution in [0, 0.1) is 11.8 Å². The zero-order valence-electron chi connectivity index (χ0n) is 14.3. The van der Waals surface area contributed by atoms with Crippen LogP contribution in [0.5, 0.6) is 0 Å². The first kappa shape index (κ1) is 16.6. The predicted molar refractivity (Wildman–Crippen MR) is 90.8 cm³/mol. The molecule has 2 aliphatic heterocycles. The lowest BCUT2D eigenvalue weighted by atomic mass is 9.96. The molecule has 0 atom stereocenters. The molecule has 0 amide bonds. The van der Waals surface area contributed by atoms with Gasteiger partial charge in [-0.05, 0) is 63.6 Å². The van der Waals surface area contributed by atoms with E-state index in [2.05, 4.69) is 34.0 Å². The summed E-state index contributed by atoms with van der Waals surface area (Å²) in [5.41, 5.74) is 0. The molecule has 0 unspecified atom stereocenters. The summed E-state index contributed by atoms with van der Waals surface area (Å²) < 4.78 is 0. The van der Waals surface area contributed by atoms with Gasteiger partial charge in [0.1, 0.15) is 0 Å². The number of hydrogen-bond donors (Lipinski definition) is 1. The number of rotatable bonds is 4. The van der Waals surface area contributed by atoms with E-state index in [0.29, 0.717) is 0 Å². The normalized spacial score (nSPS) is 23.6. The zero-order valence-corrected chi connectivity index (χ0v) is 14.3. The average Bonchev–Trinajstić information content (AvgIpc) is 2.51. The quantitative estimate of drug-likeness (QED) is 0.638. The number of nitrogens with one attached hydrogen (secondary N) is 1. The highest BCUT2D eigenvalue weighted by Gasteiger charge is 2.21. The fourth-order valence-corrected chi connectivity index (χ4v) is 3.52. The molecule has 2 rings (SSSR count). The van der Waals surface area contributed by atoms with Gasteiger partial charge in [0.2, 0.25) is 0 Å². The van der Waals surface area contributed by atoms with Crippen LogP contribution < -0.4 is 5.32 Å². The van der Waals surface area contributed by atoms with E-state index in [1.807, 2.05) is 7.05 Å². The monoisotopic (exact) mass is 294 g/mol. The summed E-state index contributed by atoms with van der Waals surface area (Å²) in [4.78, 5) is 9.53. The molecule has 0 aromatic rings. The summed E-state index contributed by atoms with van der Waals surface area (Å²) in [6, 6.07) is 0. The van der Waals surface area contributed by atoms with Crippen LogP contribution in [0.2, 0.25) is 0 Å². The minimum atomic E-state index is 0.818. The van der Waals surface area contributed by atoms with Crippen molar-refractivity contribution in [3.05, 3.63) is 0 Å². The van der Waals surface area contributed by atoms with Gasteiger partial charge in [0.05, 0.1) is 0 Å². The van der Waals surface area contributed by atoms with E-state index in [1.54, 1.807) is 0 Å². The molecule has 2 aliphatic rings. The summed E-state index contributed by atoms with van der Waals surface area (Å²) in [6.45, 7) is 11.9. The maximum Gasteiger partial charge on any atom is 0.193 e. The molecule has 4 heteroatoms. The Bertz CT molecular complexity index is 313. The van der Waals surface area contributed by atoms with Crippen molar-refractivity contribution in [3.63, 3.8) is 0 Å². The van der Waals surface area contributed by atoms with E-state index < -0.39 is 0 Å². The molecule has 0 aliphatic carbocycles. The topological polar surface area (TPSA) is 30.9 Å². The Hall–Kier alpha value is -0.770. The molecule has 0 saturated carbocycles. The minimum Gasteiger partial charge on any atom is -0.356 e. The van der Waals surface area contributed by atoms with Gasteiger partial charge in [0.25, 0.3) is 0 Å². The van der Waals surface area contributed by atoms with Crippen LogP contribution in [-0.4, -0.2) is 62.1 Å². The number of piperidine rings is 2. The van der Waals surface area contributed by atoms with Gasteiger partial charge in [0.15, 0.2) is 5.96 Å². The van der Waals surface area contributed by atoms with Crippen molar-refractivity contribution in [1.82, 2.24) is 15.1 Å². The Labute approximate surface area is 131 Å². The smallest absolute Gasteiger partial charge is 0.193 e. The number of likely N-dealkylation sites (tertiary alicyclic amines) is 2. The molecule has 2 fully saturated rings. The van der Waals surface area contributed by atoms with Gasteiger partial charge in [-0.3, -0.25) is 4.99 Å². The summed E-state index contributed by atoms with van der Waals surface area (Å²) >= 11 is 0. The molecule has 4 nitrogen and oxygen atoms in total. The fourth-order valence-electron chi connectivity index (χ4n) is 3.52. The molecule has 21 heavy (non-hydrogen) atoms. The van der Waals surface area contributed by atoms with Crippen LogP contribution in [0.15, 0.2) is 4.99 Å². The van der Waals surface area contributed by atoms with Gasteiger partial charge in [-0.2, -0.15) is 0 Å². The van der Waals surface area contributed by atoms with Gasteiger partial charge in [-0.25, -0.2) is 0 Å². The van der Waals surface area contributed by atoms with Crippen LogP contribution in [-0.2, 0) is 0 Å². The zero-order chi connectivity index (χ0) is 15.1. The van der Waals surface area contributed by atoms with E-state index >= 15 is 0 Å². The highest BCUT2D eigenvalue weighted by atomic mass is 15.3. The lowest BCUT2D eigenvalue weighted by molar-refractivity contribution is 0.184. The molecular weight excluding hydrogens is 260 g/mol. The van der Waals surface area contributed by atoms with Crippen LogP contribution in [0.4, 0.5) is 0 Å². The van der Waals surface area contributed by atoms with E-state index in [4.69, 9.17) is 0 Å². The average molecular weight is 294 g/mol.